The first kappa shape index (κ1) is 18.1. The molecule has 0 aliphatic carbocycles. The van der Waals surface area contributed by atoms with Gasteiger partial charge in [0, 0.05) is 22.7 Å². The van der Waals surface area contributed by atoms with Crippen LogP contribution >= 0.6 is 11.3 Å². The number of amides is 3. The summed E-state index contributed by atoms with van der Waals surface area (Å²) >= 11 is 1.22. The van der Waals surface area contributed by atoms with E-state index in [0.29, 0.717) is 10.7 Å². The van der Waals surface area contributed by atoms with Crippen LogP contribution in [0.1, 0.15) is 10.4 Å². The summed E-state index contributed by atoms with van der Waals surface area (Å²) in [7, 11) is 0. The van der Waals surface area contributed by atoms with Gasteiger partial charge in [-0.1, -0.05) is 30.3 Å². The minimum Gasteiger partial charge on any atom is -0.366 e. The van der Waals surface area contributed by atoms with Crippen LogP contribution in [0.2, 0.25) is 0 Å². The van der Waals surface area contributed by atoms with Crippen LogP contribution in [0.15, 0.2) is 60.7 Å². The number of nitro groups is 1. The van der Waals surface area contributed by atoms with Crippen LogP contribution in [0, 0.1) is 10.1 Å². The molecule has 0 radical (unpaired) electrons. The number of primary amides is 1. The van der Waals surface area contributed by atoms with Crippen molar-refractivity contribution in [2.45, 2.75) is 0 Å². The van der Waals surface area contributed by atoms with E-state index in [-0.39, 0.29) is 11.3 Å². The minimum absolute atomic E-state index is 0.0808. The molecular formula is C18H14N4O4S. The zero-order valence-corrected chi connectivity index (χ0v) is 14.7. The predicted molar refractivity (Wildman–Crippen MR) is 104 cm³/mol. The van der Waals surface area contributed by atoms with Crippen LogP contribution in [-0.4, -0.2) is 16.9 Å². The molecule has 3 amide bonds. The lowest BCUT2D eigenvalue weighted by atomic mass is 10.1. The second-order valence-corrected chi connectivity index (χ2v) is 6.52. The van der Waals surface area contributed by atoms with Crippen molar-refractivity contribution >= 4 is 39.7 Å². The van der Waals surface area contributed by atoms with Gasteiger partial charge in [-0.2, -0.15) is 0 Å². The molecule has 136 valence electrons. The van der Waals surface area contributed by atoms with E-state index in [9.17, 15) is 19.7 Å². The number of hydrogen-bond acceptors (Lipinski definition) is 5. The third-order valence-electron chi connectivity index (χ3n) is 3.62. The molecule has 4 N–H and O–H groups in total. The van der Waals surface area contributed by atoms with Crippen LogP contribution in [-0.2, 0) is 0 Å². The number of non-ortho nitro benzene ring substituents is 1. The first-order chi connectivity index (χ1) is 12.9. The number of nitrogens with one attached hydrogen (secondary N) is 2. The van der Waals surface area contributed by atoms with Crippen LogP contribution in [0.5, 0.6) is 0 Å². The molecule has 8 nitrogen and oxygen atoms in total. The predicted octanol–water partition coefficient (Wildman–Crippen LogP) is 4.07. The molecule has 0 spiro atoms. The number of carbonyl (C=O) groups is 2. The number of nitrogens with two attached hydrogens (primary N) is 1. The number of nitro benzene ring substituents is 1. The highest BCUT2D eigenvalue weighted by atomic mass is 32.1. The number of urea groups is 1. The number of thiophene rings is 1. The Hall–Kier alpha value is -3.72. The van der Waals surface area contributed by atoms with Gasteiger partial charge in [0.15, 0.2) is 0 Å². The van der Waals surface area contributed by atoms with Crippen molar-refractivity contribution in [1.82, 2.24) is 0 Å². The Balaban J connectivity index is 1.77. The third kappa shape index (κ3) is 4.28. The topological polar surface area (TPSA) is 127 Å². The molecule has 2 aromatic carbocycles. The molecule has 0 saturated carbocycles. The summed E-state index contributed by atoms with van der Waals surface area (Å²) in [5, 5.41) is 16.1. The van der Waals surface area contributed by atoms with Crippen molar-refractivity contribution in [2.75, 3.05) is 10.6 Å². The number of rotatable bonds is 5. The minimum atomic E-state index is -0.654. The molecule has 0 saturated heterocycles. The fraction of sp³-hybridized carbons (Fsp3) is 0. The number of nitrogens with zero attached hydrogens (tertiary/aromatic N) is 1. The summed E-state index contributed by atoms with van der Waals surface area (Å²) in [6.07, 6.45) is 0. The monoisotopic (exact) mass is 382 g/mol. The molecule has 0 aliphatic heterocycles. The smallest absolute Gasteiger partial charge is 0.324 e. The fourth-order valence-corrected chi connectivity index (χ4v) is 3.41. The van der Waals surface area contributed by atoms with E-state index in [1.165, 1.54) is 35.6 Å². The molecule has 3 rings (SSSR count). The summed E-state index contributed by atoms with van der Waals surface area (Å²) < 4.78 is 0. The van der Waals surface area contributed by atoms with Crippen LogP contribution in [0.25, 0.3) is 10.4 Å². The molecule has 0 fully saturated rings. The molecule has 27 heavy (non-hydrogen) atoms. The van der Waals surface area contributed by atoms with E-state index in [0.717, 1.165) is 10.4 Å². The summed E-state index contributed by atoms with van der Waals surface area (Å²) in [6.45, 7) is 0. The van der Waals surface area contributed by atoms with E-state index in [4.69, 9.17) is 5.73 Å². The lowest BCUT2D eigenvalue weighted by molar-refractivity contribution is -0.384. The molecule has 0 bridgehead atoms. The van der Waals surface area contributed by atoms with Crippen molar-refractivity contribution in [3.8, 4) is 10.4 Å². The molecule has 0 atom stereocenters. The maximum atomic E-state index is 12.2. The van der Waals surface area contributed by atoms with E-state index in [1.54, 1.807) is 6.07 Å². The molecule has 0 unspecified atom stereocenters. The Kier molecular flexibility index (Phi) is 5.13. The largest absolute Gasteiger partial charge is 0.366 e. The van der Waals surface area contributed by atoms with Crippen molar-refractivity contribution in [3.05, 3.63) is 76.3 Å². The zero-order chi connectivity index (χ0) is 19.4. The third-order valence-corrected chi connectivity index (χ3v) is 4.72. The molecule has 1 heterocycles. The van der Waals surface area contributed by atoms with Crippen molar-refractivity contribution in [2.24, 2.45) is 5.73 Å². The van der Waals surface area contributed by atoms with Gasteiger partial charge in [0.2, 0.25) is 0 Å². The highest BCUT2D eigenvalue weighted by Gasteiger charge is 2.17. The standard InChI is InChI=1S/C18H14N4O4S/c19-16(23)14-10-15(11-4-2-1-3-5-11)27-17(14)21-18(24)20-12-6-8-13(9-7-12)22(25)26/h1-10H,(H2,19,23)(H2,20,21,24). The van der Waals surface area contributed by atoms with E-state index >= 15 is 0 Å². The Bertz CT molecular complexity index is 1000. The lowest BCUT2D eigenvalue weighted by Gasteiger charge is -2.07. The normalized spacial score (nSPS) is 10.2. The number of benzene rings is 2. The second kappa shape index (κ2) is 7.67. The first-order valence-electron chi connectivity index (χ1n) is 7.75. The number of carbonyl (C=O) groups excluding carboxylic acids is 2. The second-order valence-electron chi connectivity index (χ2n) is 5.47. The Labute approximate surface area is 157 Å². The average molecular weight is 382 g/mol. The Morgan fingerprint density at radius 1 is 1.00 bits per heavy atom. The van der Waals surface area contributed by atoms with Gasteiger partial charge >= 0.3 is 6.03 Å². The molecule has 1 aromatic heterocycles. The van der Waals surface area contributed by atoms with Crippen LogP contribution in [0.4, 0.5) is 21.2 Å². The highest BCUT2D eigenvalue weighted by Crippen LogP contribution is 2.35. The Morgan fingerprint density at radius 3 is 2.26 bits per heavy atom. The molecule has 0 aliphatic rings. The molecule has 3 aromatic rings. The highest BCUT2D eigenvalue weighted by molar-refractivity contribution is 7.20. The van der Waals surface area contributed by atoms with Crippen molar-refractivity contribution < 1.29 is 14.5 Å². The van der Waals surface area contributed by atoms with Crippen molar-refractivity contribution in [3.63, 3.8) is 0 Å². The van der Waals surface area contributed by atoms with Crippen LogP contribution < -0.4 is 16.4 Å². The summed E-state index contributed by atoms with van der Waals surface area (Å²) in [5.41, 5.74) is 6.81. The summed E-state index contributed by atoms with van der Waals surface area (Å²) in [5.74, 6) is -0.654. The van der Waals surface area contributed by atoms with E-state index in [1.807, 2.05) is 30.3 Å². The van der Waals surface area contributed by atoms with Gasteiger partial charge in [0.1, 0.15) is 5.00 Å². The van der Waals surface area contributed by atoms with Crippen molar-refractivity contribution in [1.29, 1.82) is 0 Å². The van der Waals surface area contributed by atoms with Gasteiger partial charge < -0.3 is 11.1 Å². The average Bonchev–Trinajstić information content (AvgIpc) is 3.07. The maximum absolute atomic E-state index is 12.2. The quantitative estimate of drug-likeness (QED) is 0.454. The SMILES string of the molecule is NC(=O)c1cc(-c2ccccc2)sc1NC(=O)Nc1ccc([N+](=O)[O-])cc1. The molecular weight excluding hydrogens is 368 g/mol. The summed E-state index contributed by atoms with van der Waals surface area (Å²) in [6, 6.07) is 15.8. The number of anilines is 2. The van der Waals surface area contributed by atoms with Gasteiger partial charge in [-0.15, -0.1) is 11.3 Å². The molecule has 9 heteroatoms. The van der Waals surface area contributed by atoms with Gasteiger partial charge in [0.25, 0.3) is 11.6 Å². The van der Waals surface area contributed by atoms with E-state index < -0.39 is 16.9 Å². The van der Waals surface area contributed by atoms with Gasteiger partial charge in [-0.05, 0) is 23.8 Å². The van der Waals surface area contributed by atoms with Gasteiger partial charge in [-0.25, -0.2) is 4.79 Å². The lowest BCUT2D eigenvalue weighted by Crippen LogP contribution is -2.21. The number of hydrogen-bond donors (Lipinski definition) is 3. The summed E-state index contributed by atoms with van der Waals surface area (Å²) in [4.78, 5) is 34.8. The maximum Gasteiger partial charge on any atom is 0.324 e. The first-order valence-corrected chi connectivity index (χ1v) is 8.57. The van der Waals surface area contributed by atoms with Crippen LogP contribution in [0.3, 0.4) is 0 Å². The zero-order valence-electron chi connectivity index (χ0n) is 13.8. The van der Waals surface area contributed by atoms with Gasteiger partial charge in [-0.3, -0.25) is 20.2 Å². The van der Waals surface area contributed by atoms with Gasteiger partial charge in [0.05, 0.1) is 10.5 Å². The fourth-order valence-electron chi connectivity index (χ4n) is 2.34. The van der Waals surface area contributed by atoms with E-state index in [2.05, 4.69) is 10.6 Å². The Morgan fingerprint density at radius 2 is 1.67 bits per heavy atom.